The van der Waals surface area contributed by atoms with Crippen LogP contribution in [-0.2, 0) is 9.53 Å². The summed E-state index contributed by atoms with van der Waals surface area (Å²) in [5, 5.41) is 2.82. The molecule has 0 radical (unpaired) electrons. The second-order valence-electron chi connectivity index (χ2n) is 9.51. The number of hydrogen-bond donors (Lipinski definition) is 2. The number of aromatic amines is 1. The standard InChI is InChI=1S/C27H30F2N6O4/c1-2-30-27(38)33-10-8-19(9-11-33)35-22-7-6-20(34-12-13-39-16-23(34)36)15-21(22)31-26(35)32-25(37)18-5-3-4-17(14-18)24(28)29/h3-7,14-15,19,24H,2,8-13,16H2,1H3,(H,30,38)(H,31,32,37). The van der Waals surface area contributed by atoms with Crippen molar-refractivity contribution in [1.29, 1.82) is 0 Å². The first-order valence-electron chi connectivity index (χ1n) is 13.0. The zero-order valence-electron chi connectivity index (χ0n) is 21.5. The molecule has 0 spiro atoms. The van der Waals surface area contributed by atoms with Gasteiger partial charge >= 0.3 is 6.03 Å². The molecule has 3 heterocycles. The van der Waals surface area contributed by atoms with Crippen molar-refractivity contribution in [2.75, 3.05) is 44.3 Å². The minimum absolute atomic E-state index is 0.0136. The number of carbonyl (C=O) groups is 3. The lowest BCUT2D eigenvalue weighted by Crippen LogP contribution is -2.45. The fraction of sp³-hybridized carbons (Fsp3) is 0.407. The number of morpholine rings is 1. The molecular weight excluding hydrogens is 510 g/mol. The lowest BCUT2D eigenvalue weighted by Gasteiger charge is -2.33. The lowest BCUT2D eigenvalue weighted by molar-refractivity contribution is -0.125. The second kappa shape index (κ2) is 11.4. The Balaban J connectivity index is 1.54. The Hall–Kier alpha value is -4.06. The minimum atomic E-state index is -2.70. The van der Waals surface area contributed by atoms with Gasteiger partial charge in [0.1, 0.15) is 6.61 Å². The zero-order valence-corrected chi connectivity index (χ0v) is 21.5. The molecule has 12 heteroatoms. The molecule has 0 unspecified atom stereocenters. The number of H-pyrrole nitrogens is 1. The van der Waals surface area contributed by atoms with Crippen molar-refractivity contribution in [2.24, 2.45) is 4.99 Å². The first-order valence-corrected chi connectivity index (χ1v) is 13.0. The van der Waals surface area contributed by atoms with Crippen molar-refractivity contribution in [3.8, 4) is 0 Å². The SMILES string of the molecule is CCNC(=O)N1CCC(n2/c(=N/C(=O)c3cccc(C(F)F)c3)[nH]c3cc(N4CCOCC4=O)ccc32)CC1. The van der Waals surface area contributed by atoms with E-state index in [1.54, 1.807) is 9.80 Å². The highest BCUT2D eigenvalue weighted by atomic mass is 19.3. The molecule has 0 aliphatic carbocycles. The summed E-state index contributed by atoms with van der Waals surface area (Å²) in [4.78, 5) is 48.7. The highest BCUT2D eigenvalue weighted by Crippen LogP contribution is 2.28. The Morgan fingerprint density at radius 2 is 1.95 bits per heavy atom. The predicted octanol–water partition coefficient (Wildman–Crippen LogP) is 3.38. The van der Waals surface area contributed by atoms with Crippen LogP contribution in [0.5, 0.6) is 0 Å². The normalized spacial score (nSPS) is 17.3. The van der Waals surface area contributed by atoms with Crippen LogP contribution in [0.15, 0.2) is 47.5 Å². The number of fused-ring (bicyclic) bond motifs is 1. The maximum Gasteiger partial charge on any atom is 0.317 e. The number of alkyl halides is 2. The Labute approximate surface area is 223 Å². The quantitative estimate of drug-likeness (QED) is 0.517. The number of imidazole rings is 1. The first-order chi connectivity index (χ1) is 18.9. The van der Waals surface area contributed by atoms with Gasteiger partial charge in [0.05, 0.1) is 17.6 Å². The number of piperidine rings is 1. The monoisotopic (exact) mass is 540 g/mol. The van der Waals surface area contributed by atoms with Crippen LogP contribution in [0.4, 0.5) is 19.3 Å². The number of nitrogens with zero attached hydrogens (tertiary/aromatic N) is 4. The average molecular weight is 541 g/mol. The van der Waals surface area contributed by atoms with E-state index in [0.717, 1.165) is 11.6 Å². The van der Waals surface area contributed by atoms with Crippen LogP contribution in [0.1, 0.15) is 48.2 Å². The van der Waals surface area contributed by atoms with E-state index in [4.69, 9.17) is 4.74 Å². The van der Waals surface area contributed by atoms with Crippen molar-refractivity contribution in [2.45, 2.75) is 32.2 Å². The number of ether oxygens (including phenoxy) is 1. The molecule has 0 bridgehead atoms. The van der Waals surface area contributed by atoms with Gasteiger partial charge in [-0.15, -0.1) is 0 Å². The van der Waals surface area contributed by atoms with E-state index < -0.39 is 12.3 Å². The maximum atomic E-state index is 13.2. The van der Waals surface area contributed by atoms with Gasteiger partial charge in [0, 0.05) is 49.0 Å². The van der Waals surface area contributed by atoms with E-state index in [9.17, 15) is 23.2 Å². The predicted molar refractivity (Wildman–Crippen MR) is 140 cm³/mol. The number of likely N-dealkylation sites (tertiary alicyclic amines) is 1. The topological polar surface area (TPSA) is 112 Å². The number of nitrogens with one attached hydrogen (secondary N) is 2. The molecule has 5 rings (SSSR count). The molecule has 4 amide bonds. The third-order valence-corrected chi connectivity index (χ3v) is 7.05. The second-order valence-corrected chi connectivity index (χ2v) is 9.51. The fourth-order valence-electron chi connectivity index (χ4n) is 5.10. The maximum absolute atomic E-state index is 13.2. The van der Waals surface area contributed by atoms with E-state index in [1.165, 1.54) is 18.2 Å². The Morgan fingerprint density at radius 3 is 2.67 bits per heavy atom. The Bertz CT molecular complexity index is 1460. The summed E-state index contributed by atoms with van der Waals surface area (Å²) in [6, 6.07) is 10.7. The van der Waals surface area contributed by atoms with Crippen LogP contribution in [0.2, 0.25) is 0 Å². The van der Waals surface area contributed by atoms with E-state index in [0.29, 0.717) is 56.8 Å². The van der Waals surface area contributed by atoms with Gasteiger partial charge in [0.2, 0.25) is 5.62 Å². The average Bonchev–Trinajstić information content (AvgIpc) is 3.30. The van der Waals surface area contributed by atoms with Crippen molar-refractivity contribution < 1.29 is 27.9 Å². The number of amides is 4. The van der Waals surface area contributed by atoms with Gasteiger partial charge in [-0.25, -0.2) is 13.6 Å². The molecule has 3 aromatic rings. The van der Waals surface area contributed by atoms with Gasteiger partial charge in [-0.2, -0.15) is 4.99 Å². The lowest BCUT2D eigenvalue weighted by atomic mass is 10.0. The highest BCUT2D eigenvalue weighted by Gasteiger charge is 2.27. The number of carbonyl (C=O) groups excluding carboxylic acids is 3. The first kappa shape index (κ1) is 26.5. The molecule has 2 aliphatic heterocycles. The van der Waals surface area contributed by atoms with Crippen LogP contribution in [-0.4, -0.2) is 71.7 Å². The van der Waals surface area contributed by atoms with Crippen molar-refractivity contribution in [3.05, 3.63) is 59.2 Å². The molecule has 2 fully saturated rings. The van der Waals surface area contributed by atoms with Crippen LogP contribution in [0.25, 0.3) is 11.0 Å². The summed E-state index contributed by atoms with van der Waals surface area (Å²) in [7, 11) is 0. The Kier molecular flexibility index (Phi) is 7.73. The summed E-state index contributed by atoms with van der Waals surface area (Å²) in [5.41, 5.74) is 2.23. The van der Waals surface area contributed by atoms with Gasteiger partial charge in [-0.05, 0) is 50.1 Å². The third-order valence-electron chi connectivity index (χ3n) is 7.05. The van der Waals surface area contributed by atoms with Gasteiger partial charge in [0.25, 0.3) is 18.2 Å². The summed E-state index contributed by atoms with van der Waals surface area (Å²) in [6.45, 7) is 4.35. The van der Waals surface area contributed by atoms with Crippen LogP contribution in [0, 0.1) is 0 Å². The van der Waals surface area contributed by atoms with Crippen LogP contribution >= 0.6 is 0 Å². The molecule has 2 N–H and O–H groups in total. The Morgan fingerprint density at radius 1 is 1.15 bits per heavy atom. The van der Waals surface area contributed by atoms with Gasteiger partial charge in [0.15, 0.2) is 0 Å². The number of urea groups is 1. The van der Waals surface area contributed by atoms with E-state index in [1.807, 2.05) is 29.7 Å². The van der Waals surface area contributed by atoms with Gasteiger partial charge in [-0.3, -0.25) is 9.59 Å². The van der Waals surface area contributed by atoms with Crippen molar-refractivity contribution in [3.63, 3.8) is 0 Å². The molecule has 206 valence electrons. The molecular formula is C27H30F2N6O4. The van der Waals surface area contributed by atoms with Crippen LogP contribution in [0.3, 0.4) is 0 Å². The zero-order chi connectivity index (χ0) is 27.5. The van der Waals surface area contributed by atoms with Crippen molar-refractivity contribution in [1.82, 2.24) is 19.8 Å². The number of rotatable bonds is 5. The minimum Gasteiger partial charge on any atom is -0.370 e. The summed E-state index contributed by atoms with van der Waals surface area (Å²) in [5.74, 6) is -0.794. The van der Waals surface area contributed by atoms with E-state index >= 15 is 0 Å². The number of aromatic nitrogens is 2. The number of benzene rings is 2. The number of hydrogen-bond acceptors (Lipinski definition) is 4. The summed E-state index contributed by atoms with van der Waals surface area (Å²) in [6.07, 6.45) is -1.43. The van der Waals surface area contributed by atoms with Crippen molar-refractivity contribution >= 4 is 34.6 Å². The molecule has 0 saturated carbocycles. The molecule has 1 aromatic heterocycles. The number of anilines is 1. The third kappa shape index (κ3) is 5.56. The summed E-state index contributed by atoms with van der Waals surface area (Å²) >= 11 is 0. The van der Waals surface area contributed by atoms with Gasteiger partial charge in [-0.1, -0.05) is 12.1 Å². The molecule has 39 heavy (non-hydrogen) atoms. The largest absolute Gasteiger partial charge is 0.370 e. The molecule has 2 aromatic carbocycles. The molecule has 2 aliphatic rings. The van der Waals surface area contributed by atoms with Gasteiger partial charge < -0.3 is 29.4 Å². The highest BCUT2D eigenvalue weighted by molar-refractivity contribution is 5.97. The van der Waals surface area contributed by atoms with E-state index in [2.05, 4.69) is 15.3 Å². The van der Waals surface area contributed by atoms with E-state index in [-0.39, 0.29) is 41.3 Å². The molecule has 10 nitrogen and oxygen atoms in total. The molecule has 2 saturated heterocycles. The molecule has 0 atom stereocenters. The summed E-state index contributed by atoms with van der Waals surface area (Å²) < 4.78 is 33.6. The van der Waals surface area contributed by atoms with Crippen LogP contribution < -0.4 is 15.8 Å². The number of halogens is 2. The smallest absolute Gasteiger partial charge is 0.317 e. The fourth-order valence-corrected chi connectivity index (χ4v) is 5.10.